The number of nitrogens with zero attached hydrogens (tertiary/aromatic N) is 3. The Hall–Kier alpha value is -2.30. The van der Waals surface area contributed by atoms with Gasteiger partial charge in [0.15, 0.2) is 0 Å². The molecule has 0 bridgehead atoms. The topological polar surface area (TPSA) is 58.4 Å². The van der Waals surface area contributed by atoms with Crippen LogP contribution in [0.5, 0.6) is 5.75 Å². The molecule has 112 valence electrons. The SMILES string of the molecule is CCN(C(=O)Cn1nc(C)cc1C)c1cc(O)ccc1C. The Morgan fingerprint density at radius 1 is 1.29 bits per heavy atom. The minimum atomic E-state index is -0.0441. The molecule has 2 rings (SSSR count). The maximum atomic E-state index is 12.6. The lowest BCUT2D eigenvalue weighted by Gasteiger charge is -2.23. The largest absolute Gasteiger partial charge is 0.508 e. The van der Waals surface area contributed by atoms with Gasteiger partial charge in [0.1, 0.15) is 12.3 Å². The zero-order chi connectivity index (χ0) is 15.6. The van der Waals surface area contributed by atoms with Crippen LogP contribution in [0.15, 0.2) is 24.3 Å². The lowest BCUT2D eigenvalue weighted by atomic mass is 10.1. The fourth-order valence-electron chi connectivity index (χ4n) is 2.42. The highest BCUT2D eigenvalue weighted by molar-refractivity contribution is 5.94. The molecule has 0 radical (unpaired) electrons. The van der Waals surface area contributed by atoms with E-state index in [0.717, 1.165) is 22.6 Å². The van der Waals surface area contributed by atoms with E-state index in [4.69, 9.17) is 0 Å². The minimum absolute atomic E-state index is 0.0441. The molecule has 1 N–H and O–H groups in total. The number of carbonyl (C=O) groups is 1. The first-order chi connectivity index (χ1) is 9.92. The predicted octanol–water partition coefficient (Wildman–Crippen LogP) is 2.57. The number of phenols is 1. The Kier molecular flexibility index (Phi) is 4.31. The number of carbonyl (C=O) groups excluding carboxylic acids is 1. The third-order valence-electron chi connectivity index (χ3n) is 3.49. The fourth-order valence-corrected chi connectivity index (χ4v) is 2.42. The molecule has 0 saturated heterocycles. The smallest absolute Gasteiger partial charge is 0.248 e. The van der Waals surface area contributed by atoms with Gasteiger partial charge in [0.05, 0.1) is 11.4 Å². The monoisotopic (exact) mass is 287 g/mol. The Morgan fingerprint density at radius 2 is 2.00 bits per heavy atom. The third kappa shape index (κ3) is 3.24. The number of hydrogen-bond acceptors (Lipinski definition) is 3. The maximum Gasteiger partial charge on any atom is 0.248 e. The summed E-state index contributed by atoms with van der Waals surface area (Å²) in [6.07, 6.45) is 0. The molecule has 0 fully saturated rings. The van der Waals surface area contributed by atoms with Gasteiger partial charge in [0.25, 0.3) is 0 Å². The van der Waals surface area contributed by atoms with Crippen molar-refractivity contribution in [3.8, 4) is 5.75 Å². The number of amides is 1. The molecule has 0 unspecified atom stereocenters. The molecule has 0 aliphatic heterocycles. The standard InChI is InChI=1S/C16H21N3O2/c1-5-18(15-9-14(20)7-6-11(15)2)16(21)10-19-13(4)8-12(3)17-19/h6-9,20H,5,10H2,1-4H3. The minimum Gasteiger partial charge on any atom is -0.508 e. The van der Waals surface area contributed by atoms with Gasteiger partial charge in [-0.1, -0.05) is 6.07 Å². The van der Waals surface area contributed by atoms with Crippen molar-refractivity contribution in [2.75, 3.05) is 11.4 Å². The lowest BCUT2D eigenvalue weighted by molar-refractivity contribution is -0.119. The van der Waals surface area contributed by atoms with E-state index >= 15 is 0 Å². The second-order valence-electron chi connectivity index (χ2n) is 5.19. The quantitative estimate of drug-likeness (QED) is 0.940. The van der Waals surface area contributed by atoms with Crippen LogP contribution in [-0.2, 0) is 11.3 Å². The molecule has 0 aliphatic carbocycles. The predicted molar refractivity (Wildman–Crippen MR) is 82.6 cm³/mol. The summed E-state index contributed by atoms with van der Waals surface area (Å²) >= 11 is 0. The Bertz CT molecular complexity index is 662. The van der Waals surface area contributed by atoms with Crippen molar-refractivity contribution in [3.05, 3.63) is 41.2 Å². The van der Waals surface area contributed by atoms with Gasteiger partial charge < -0.3 is 10.0 Å². The molecule has 0 aliphatic rings. The molecule has 0 atom stereocenters. The van der Waals surface area contributed by atoms with E-state index in [1.165, 1.54) is 0 Å². The van der Waals surface area contributed by atoms with Crippen molar-refractivity contribution < 1.29 is 9.90 Å². The number of anilines is 1. The molecule has 1 heterocycles. The van der Waals surface area contributed by atoms with Gasteiger partial charge >= 0.3 is 0 Å². The van der Waals surface area contributed by atoms with Crippen LogP contribution < -0.4 is 4.90 Å². The van der Waals surface area contributed by atoms with Crippen LogP contribution in [0, 0.1) is 20.8 Å². The van der Waals surface area contributed by atoms with Gasteiger partial charge in [-0.25, -0.2) is 0 Å². The highest BCUT2D eigenvalue weighted by Gasteiger charge is 2.18. The van der Waals surface area contributed by atoms with Crippen LogP contribution in [0.4, 0.5) is 5.69 Å². The van der Waals surface area contributed by atoms with E-state index in [1.807, 2.05) is 39.8 Å². The number of phenolic OH excluding ortho intramolecular Hbond substituents is 1. The van der Waals surface area contributed by atoms with Crippen molar-refractivity contribution in [1.82, 2.24) is 9.78 Å². The van der Waals surface area contributed by atoms with Gasteiger partial charge in [-0.05, 0) is 45.4 Å². The average Bonchev–Trinajstić information content (AvgIpc) is 2.73. The van der Waals surface area contributed by atoms with Crippen LogP contribution >= 0.6 is 0 Å². The van der Waals surface area contributed by atoms with E-state index in [9.17, 15) is 9.90 Å². The summed E-state index contributed by atoms with van der Waals surface area (Å²) in [6, 6.07) is 7.00. The molecule has 1 amide bonds. The van der Waals surface area contributed by atoms with Crippen molar-refractivity contribution in [1.29, 1.82) is 0 Å². The molecule has 2 aromatic rings. The van der Waals surface area contributed by atoms with Crippen LogP contribution in [0.1, 0.15) is 23.9 Å². The normalized spacial score (nSPS) is 10.7. The van der Waals surface area contributed by atoms with Gasteiger partial charge in [-0.2, -0.15) is 5.10 Å². The molecular weight excluding hydrogens is 266 g/mol. The van der Waals surface area contributed by atoms with E-state index < -0.39 is 0 Å². The van der Waals surface area contributed by atoms with Crippen molar-refractivity contribution in [3.63, 3.8) is 0 Å². The zero-order valence-corrected chi connectivity index (χ0v) is 12.9. The molecule has 21 heavy (non-hydrogen) atoms. The summed E-state index contributed by atoms with van der Waals surface area (Å²) < 4.78 is 1.71. The maximum absolute atomic E-state index is 12.6. The molecule has 0 spiro atoms. The van der Waals surface area contributed by atoms with Crippen LogP contribution in [0.3, 0.4) is 0 Å². The van der Waals surface area contributed by atoms with Gasteiger partial charge in [0, 0.05) is 18.3 Å². The van der Waals surface area contributed by atoms with E-state index in [2.05, 4.69) is 5.10 Å². The summed E-state index contributed by atoms with van der Waals surface area (Å²) in [5.74, 6) is 0.116. The van der Waals surface area contributed by atoms with Crippen molar-refractivity contribution >= 4 is 11.6 Å². The third-order valence-corrected chi connectivity index (χ3v) is 3.49. The summed E-state index contributed by atoms with van der Waals surface area (Å²) in [4.78, 5) is 14.2. The van der Waals surface area contributed by atoms with Crippen molar-refractivity contribution in [2.24, 2.45) is 0 Å². The lowest BCUT2D eigenvalue weighted by Crippen LogP contribution is -2.34. The fraction of sp³-hybridized carbons (Fsp3) is 0.375. The second kappa shape index (κ2) is 5.99. The number of hydrogen-bond donors (Lipinski definition) is 1. The highest BCUT2D eigenvalue weighted by atomic mass is 16.3. The summed E-state index contributed by atoms with van der Waals surface area (Å²) in [7, 11) is 0. The van der Waals surface area contributed by atoms with E-state index in [0.29, 0.717) is 6.54 Å². The number of benzene rings is 1. The molecule has 5 nitrogen and oxygen atoms in total. The Morgan fingerprint density at radius 3 is 2.57 bits per heavy atom. The van der Waals surface area contributed by atoms with Gasteiger partial charge in [0.2, 0.25) is 5.91 Å². The highest BCUT2D eigenvalue weighted by Crippen LogP contribution is 2.25. The molecule has 5 heteroatoms. The Labute approximate surface area is 124 Å². The molecular formula is C16H21N3O2. The van der Waals surface area contributed by atoms with Gasteiger partial charge in [-0.15, -0.1) is 0 Å². The van der Waals surface area contributed by atoms with E-state index in [1.54, 1.807) is 21.7 Å². The second-order valence-corrected chi connectivity index (χ2v) is 5.19. The molecule has 1 aromatic carbocycles. The number of aromatic nitrogens is 2. The zero-order valence-electron chi connectivity index (χ0n) is 12.9. The Balaban J connectivity index is 2.26. The van der Waals surface area contributed by atoms with Crippen LogP contribution in [0.2, 0.25) is 0 Å². The number of aryl methyl sites for hydroxylation is 3. The number of likely N-dealkylation sites (N-methyl/N-ethyl adjacent to an activating group) is 1. The van der Waals surface area contributed by atoms with E-state index in [-0.39, 0.29) is 18.2 Å². The first kappa shape index (κ1) is 15.1. The van der Waals surface area contributed by atoms with Gasteiger partial charge in [-0.3, -0.25) is 9.48 Å². The first-order valence-corrected chi connectivity index (χ1v) is 7.03. The van der Waals surface area contributed by atoms with Crippen LogP contribution in [0.25, 0.3) is 0 Å². The number of rotatable bonds is 4. The average molecular weight is 287 g/mol. The summed E-state index contributed by atoms with van der Waals surface area (Å²) in [6.45, 7) is 8.43. The first-order valence-electron chi connectivity index (χ1n) is 7.03. The number of aromatic hydroxyl groups is 1. The van der Waals surface area contributed by atoms with Crippen molar-refractivity contribution in [2.45, 2.75) is 34.2 Å². The molecule has 0 saturated carbocycles. The summed E-state index contributed by atoms with van der Waals surface area (Å²) in [5, 5.41) is 14.0. The molecule has 1 aromatic heterocycles. The van der Waals surface area contributed by atoms with Crippen LogP contribution in [-0.4, -0.2) is 27.3 Å². The summed E-state index contributed by atoms with van der Waals surface area (Å²) in [5.41, 5.74) is 3.56.